The monoisotopic (exact) mass is 1500 g/mol. The molecule has 103 heavy (non-hydrogen) atoms. The average Bonchev–Trinajstić information content (AvgIpc) is 0.796. The molecule has 3 heteroatoms. The van der Waals surface area contributed by atoms with Crippen molar-refractivity contribution >= 4 is 0 Å². The molecule has 6 rings (SSSR count). The Morgan fingerprint density at radius 3 is 0.320 bits per heavy atom. The van der Waals surface area contributed by atoms with Gasteiger partial charge in [0.2, 0.25) is 0 Å². The molecule has 3 aliphatic carbocycles. The first-order chi connectivity index (χ1) is 42.6. The number of rotatable bonds is 3. The van der Waals surface area contributed by atoms with Crippen LogP contribution in [0.25, 0.3) is 0 Å². The third-order valence-corrected chi connectivity index (χ3v) is 21.3. The van der Waals surface area contributed by atoms with Gasteiger partial charge in [-0.2, -0.15) is 0 Å². The van der Waals surface area contributed by atoms with Gasteiger partial charge in [0.25, 0.3) is 0 Å². The van der Waals surface area contributed by atoms with Crippen LogP contribution in [0.2, 0.25) is 0 Å². The SMILES string of the molecule is C.C.C.C.C.C.C.C.C.C.C.C.C.CC.CC.CC.CC.CC.CC.CC.CC.CC.CC.CC.CC.CCC.CCN1[C@H](C)[C@H](C)C[C@H](C)[C@@H]1C.C[C@@H]1C[C@H](C)[C@H](C)C[C@@H]1C.C[C@@H]1C[C@H](C)[C@H](C)C[C@@H]1C.C[C@@H]1C[C@H](C)[C@H](C)C[C@@H]1C.C[C@@H]1C[C@H](C)[C@H](C)N(CN2[C@H](C)[C@H](C)C[C@H](C)[C@@H]2C)[C@@H]1C. The van der Waals surface area contributed by atoms with Crippen LogP contribution in [-0.2, 0) is 0 Å². The molecule has 0 radical (unpaired) electrons. The molecule has 0 bridgehead atoms. The van der Waals surface area contributed by atoms with E-state index in [4.69, 9.17) is 0 Å². The minimum Gasteiger partial charge on any atom is -0.298 e. The van der Waals surface area contributed by atoms with E-state index in [1.807, 2.05) is 166 Å². The molecule has 3 saturated heterocycles. The van der Waals surface area contributed by atoms with Gasteiger partial charge >= 0.3 is 0 Å². The van der Waals surface area contributed by atoms with Gasteiger partial charge in [0.1, 0.15) is 0 Å². The summed E-state index contributed by atoms with van der Waals surface area (Å²) in [5.41, 5.74) is 0. The Morgan fingerprint density at radius 2 is 0.233 bits per heavy atom. The summed E-state index contributed by atoms with van der Waals surface area (Å²) in [6.45, 7) is 115. The fourth-order valence-electron chi connectivity index (χ4n) is 13.6. The van der Waals surface area contributed by atoms with Crippen molar-refractivity contribution in [3.8, 4) is 0 Å². The predicted octanol–water partition coefficient (Wildman–Crippen LogP) is 39.2. The number of likely N-dealkylation sites (tertiary alicyclic amines) is 3. The Morgan fingerprint density at radius 1 is 0.155 bits per heavy atom. The molecule has 0 aromatic heterocycles. The molecule has 3 nitrogen and oxygen atoms in total. The molecule has 3 saturated carbocycles. The maximum Gasteiger partial charge on any atom is 0.0516 e. The van der Waals surface area contributed by atoms with Crippen molar-refractivity contribution in [2.24, 2.45) is 107 Å². The van der Waals surface area contributed by atoms with Crippen LogP contribution in [0, 0.1) is 107 Å². The van der Waals surface area contributed by atoms with Crippen molar-refractivity contribution in [1.82, 2.24) is 14.7 Å². The minimum atomic E-state index is 0. The summed E-state index contributed by atoms with van der Waals surface area (Å²) >= 11 is 0. The van der Waals surface area contributed by atoms with E-state index in [-0.39, 0.29) is 96.5 Å². The molecule has 0 spiro atoms. The van der Waals surface area contributed by atoms with Gasteiger partial charge in [-0.1, -0.05) is 415 Å². The highest BCUT2D eigenvalue weighted by molar-refractivity contribution is 4.93. The molecule has 0 aromatic carbocycles. The lowest BCUT2D eigenvalue weighted by molar-refractivity contribution is -0.0690. The molecule has 0 N–H and O–H groups in total. The number of hydrogen-bond acceptors (Lipinski definition) is 3. The fourth-order valence-corrected chi connectivity index (χ4v) is 13.6. The lowest BCUT2D eigenvalue weighted by Gasteiger charge is -2.53. The normalized spacial score (nSPS) is 30.7. The zero-order valence-corrected chi connectivity index (χ0v) is 74.7. The molecule has 6 fully saturated rings. The van der Waals surface area contributed by atoms with Crippen molar-refractivity contribution in [3.05, 3.63) is 0 Å². The molecule has 0 aromatic rings. The second-order valence-corrected chi connectivity index (χ2v) is 26.9. The highest BCUT2D eigenvalue weighted by Gasteiger charge is 2.40. The Kier molecular flexibility index (Phi) is 205. The van der Waals surface area contributed by atoms with Crippen LogP contribution in [-0.4, -0.2) is 64.2 Å². The zero-order chi connectivity index (χ0) is 75.1. The van der Waals surface area contributed by atoms with Crippen molar-refractivity contribution in [1.29, 1.82) is 0 Å². The second-order valence-electron chi connectivity index (χ2n) is 26.9. The van der Waals surface area contributed by atoms with Crippen LogP contribution in [0.3, 0.4) is 0 Å². The quantitative estimate of drug-likeness (QED) is 0.279. The molecular weight excluding hydrogens is 1240 g/mol. The zero-order valence-electron chi connectivity index (χ0n) is 74.7. The van der Waals surface area contributed by atoms with Crippen LogP contribution in [0.4, 0.5) is 0 Å². The topological polar surface area (TPSA) is 9.72 Å². The van der Waals surface area contributed by atoms with Crippen LogP contribution < -0.4 is 0 Å². The highest BCUT2D eigenvalue weighted by atomic mass is 15.4. The van der Waals surface area contributed by atoms with E-state index in [9.17, 15) is 0 Å². The number of piperidine rings is 3. The van der Waals surface area contributed by atoms with Crippen molar-refractivity contribution < 1.29 is 0 Å². The van der Waals surface area contributed by atoms with Crippen LogP contribution in [0.15, 0.2) is 0 Å². The summed E-state index contributed by atoms with van der Waals surface area (Å²) in [6, 6.07) is 4.40. The standard InChI is InChI=1S/C19H38N2.C11H23N.3C10H20.C3H8.12C2H6.13CH4/c1-12-9-13(2)17(6)20(16(12)5)11-21-18(7)14(3)10-15(4)19(21)8;1-6-12-10(4)8(2)7-9(3)11(12)5;3*1-7-5-9(3)10(4)6-8(7)2;1-3-2;12*1-2;;;;;;;;;;;;;/h12-19H,9-11H2,1-8H3;8-11H,6-7H2,1-5H3;3*7-10H,5-6H2,1-4H3;3H2,1-2H3;12*1-2H3;13*1H4/t12-,13+,14-,15+,16-,17+,18-,19+;8-,9+,10-,11+;3*7-,8+,9+,10-;;;;;;;;;;;;;;;;;;;;;;;;;;. The highest BCUT2D eigenvalue weighted by Crippen LogP contribution is 2.40. The third kappa shape index (κ3) is 78.4. The summed E-state index contributed by atoms with van der Waals surface area (Å²) in [5, 5.41) is 0. The lowest BCUT2D eigenvalue weighted by Crippen LogP contribution is -2.60. The average molecular weight is 1500 g/mol. The first kappa shape index (κ1) is 176. The maximum atomic E-state index is 2.79. The second kappa shape index (κ2) is 120. The summed E-state index contributed by atoms with van der Waals surface area (Å²) in [6.07, 6.45) is 14.1. The maximum absolute atomic E-state index is 2.79. The van der Waals surface area contributed by atoms with E-state index in [0.717, 1.165) is 125 Å². The summed E-state index contributed by atoms with van der Waals surface area (Å²) in [7, 11) is 0. The first-order valence-electron chi connectivity index (χ1n) is 41.8. The summed E-state index contributed by atoms with van der Waals surface area (Å²) < 4.78 is 0. The number of nitrogens with zero attached hydrogens (tertiary/aromatic N) is 3. The van der Waals surface area contributed by atoms with Crippen LogP contribution in [0.1, 0.15) is 514 Å². The molecule has 0 unspecified atom stereocenters. The Hall–Kier alpha value is -0.120. The Bertz CT molecular complexity index is 1020. The lowest BCUT2D eigenvalue weighted by atomic mass is 9.71. The van der Waals surface area contributed by atoms with Gasteiger partial charge in [-0.25, -0.2) is 0 Å². The minimum absolute atomic E-state index is 0. The van der Waals surface area contributed by atoms with E-state index in [2.05, 4.69) is 202 Å². The predicted molar refractivity (Wildman–Crippen MR) is 524 cm³/mol. The number of hydrogen-bond donors (Lipinski definition) is 0. The molecule has 24 atom stereocenters. The molecule has 0 amide bonds. The van der Waals surface area contributed by atoms with E-state index in [0.29, 0.717) is 24.2 Å². The van der Waals surface area contributed by atoms with Gasteiger partial charge in [0.15, 0.2) is 0 Å². The van der Waals surface area contributed by atoms with Gasteiger partial charge in [-0.15, -0.1) is 0 Å². The summed E-state index contributed by atoms with van der Waals surface area (Å²) in [4.78, 5) is 8.21. The largest absolute Gasteiger partial charge is 0.298 e. The summed E-state index contributed by atoms with van der Waals surface area (Å²) in [5.74, 6) is 16.6. The van der Waals surface area contributed by atoms with Crippen molar-refractivity contribution in [2.75, 3.05) is 13.2 Å². The smallest absolute Gasteiger partial charge is 0.0516 e. The van der Waals surface area contributed by atoms with Gasteiger partial charge in [-0.3, -0.25) is 14.7 Å². The van der Waals surface area contributed by atoms with Crippen LogP contribution in [0.5, 0.6) is 0 Å². The van der Waals surface area contributed by atoms with Crippen molar-refractivity contribution in [2.45, 2.75) is 550 Å². The molecule has 3 heterocycles. The Balaban J connectivity index is -0.0000000292. The molecule has 668 valence electrons. The van der Waals surface area contributed by atoms with Crippen molar-refractivity contribution in [3.63, 3.8) is 0 Å². The Labute approximate surface area is 680 Å². The van der Waals surface area contributed by atoms with Gasteiger partial charge < -0.3 is 0 Å². The van der Waals surface area contributed by atoms with Gasteiger partial charge in [0.05, 0.1) is 6.67 Å². The van der Waals surface area contributed by atoms with E-state index < -0.39 is 0 Å². The molecule has 6 aliphatic rings. The van der Waals surface area contributed by atoms with Gasteiger partial charge in [-0.05, 0) is 212 Å². The van der Waals surface area contributed by atoms with E-state index in [1.54, 1.807) is 0 Å². The van der Waals surface area contributed by atoms with E-state index >= 15 is 0 Å². The van der Waals surface area contributed by atoms with Crippen LogP contribution >= 0.6 is 0 Å². The fraction of sp³-hybridized carbons (Fsp3) is 1.00. The molecular formula is C100H253N3. The molecule has 3 aliphatic heterocycles. The first-order valence-corrected chi connectivity index (χ1v) is 41.8. The van der Waals surface area contributed by atoms with E-state index in [1.165, 1.54) is 70.8 Å². The van der Waals surface area contributed by atoms with Gasteiger partial charge in [0, 0.05) is 36.3 Å². The third-order valence-electron chi connectivity index (χ3n) is 21.3.